The normalized spacial score (nSPS) is 19.1. The van der Waals surface area contributed by atoms with Crippen LogP contribution in [0.15, 0.2) is 12.1 Å². The van der Waals surface area contributed by atoms with Crippen molar-refractivity contribution in [3.05, 3.63) is 29.3 Å². The highest BCUT2D eigenvalue weighted by Crippen LogP contribution is 2.45. The zero-order chi connectivity index (χ0) is 16.9. The van der Waals surface area contributed by atoms with Gasteiger partial charge < -0.3 is 16.0 Å². The van der Waals surface area contributed by atoms with Crippen molar-refractivity contribution in [2.75, 3.05) is 39.0 Å². The molecule has 1 aliphatic carbocycles. The number of halogens is 2. The fraction of sp³-hybridized carbons (Fsp3) is 0.588. The molecule has 2 fully saturated rings. The first-order valence-corrected chi connectivity index (χ1v) is 8.06. The molecule has 1 aromatic carbocycles. The molecule has 6 heteroatoms. The molecule has 0 spiro atoms. The van der Waals surface area contributed by atoms with Crippen LogP contribution < -0.4 is 11.1 Å². The van der Waals surface area contributed by atoms with E-state index in [0.717, 1.165) is 12.1 Å². The summed E-state index contributed by atoms with van der Waals surface area (Å²) < 4.78 is 25.0. The lowest BCUT2D eigenvalue weighted by Gasteiger charge is -2.22. The third kappa shape index (κ3) is 4.97. The quantitative estimate of drug-likeness (QED) is 0.645. The van der Waals surface area contributed by atoms with E-state index in [4.69, 9.17) is 5.73 Å². The van der Waals surface area contributed by atoms with Gasteiger partial charge in [0, 0.05) is 19.2 Å². The van der Waals surface area contributed by atoms with Crippen LogP contribution in [0.2, 0.25) is 0 Å². The molecule has 0 atom stereocenters. The van der Waals surface area contributed by atoms with Crippen molar-refractivity contribution in [2.45, 2.75) is 25.7 Å². The summed E-state index contributed by atoms with van der Waals surface area (Å²) in [4.78, 5) is 12.7. The summed E-state index contributed by atoms with van der Waals surface area (Å²) in [7, 11) is 2.07. The van der Waals surface area contributed by atoms with E-state index in [9.17, 15) is 13.6 Å². The monoisotopic (exact) mass is 325 g/mol. The number of carbonyl (C=O) groups excluding carboxylic acids is 1. The van der Waals surface area contributed by atoms with Crippen LogP contribution in [0.1, 0.15) is 36.0 Å². The molecule has 128 valence electrons. The van der Waals surface area contributed by atoms with Gasteiger partial charge in [-0.1, -0.05) is 0 Å². The molecule has 0 bridgehead atoms. The summed E-state index contributed by atoms with van der Waals surface area (Å²) in [6, 6.07) is 1.54. The van der Waals surface area contributed by atoms with Crippen molar-refractivity contribution in [3.8, 4) is 0 Å². The molecule has 1 heterocycles. The molecule has 0 aromatic heterocycles. The third-order valence-corrected chi connectivity index (χ3v) is 4.51. The maximum absolute atomic E-state index is 12.6. The Bertz CT molecular complexity index is 541. The van der Waals surface area contributed by atoms with Crippen LogP contribution in [0.25, 0.3) is 0 Å². The number of hydrogen-bond acceptors (Lipinski definition) is 4. The van der Waals surface area contributed by atoms with Gasteiger partial charge in [0.25, 0.3) is 0 Å². The van der Waals surface area contributed by atoms with Gasteiger partial charge in [-0.05, 0) is 57.3 Å². The number of nitrogens with zero attached hydrogens (tertiary/aromatic N) is 1. The number of benzene rings is 1. The third-order valence-electron chi connectivity index (χ3n) is 4.51. The molecule has 3 rings (SSSR count). The fourth-order valence-electron chi connectivity index (χ4n) is 3.03. The van der Waals surface area contributed by atoms with E-state index in [2.05, 4.69) is 17.3 Å². The lowest BCUT2D eigenvalue weighted by molar-refractivity contribution is 0.111. The molecular weight excluding hydrogens is 300 g/mol. The summed E-state index contributed by atoms with van der Waals surface area (Å²) >= 11 is 0. The van der Waals surface area contributed by atoms with Crippen molar-refractivity contribution >= 4 is 12.0 Å². The maximum Gasteiger partial charge on any atom is 0.153 e. The van der Waals surface area contributed by atoms with Gasteiger partial charge in [0.1, 0.15) is 11.6 Å². The van der Waals surface area contributed by atoms with E-state index in [1.165, 1.54) is 51.9 Å². The van der Waals surface area contributed by atoms with Gasteiger partial charge in [-0.2, -0.15) is 0 Å². The number of hydrogen-bond donors (Lipinski definition) is 2. The fourth-order valence-corrected chi connectivity index (χ4v) is 3.03. The van der Waals surface area contributed by atoms with Gasteiger partial charge in [-0.25, -0.2) is 8.78 Å². The predicted molar refractivity (Wildman–Crippen MR) is 87.4 cm³/mol. The highest BCUT2D eigenvalue weighted by atomic mass is 19.1. The Morgan fingerprint density at radius 1 is 1.26 bits per heavy atom. The van der Waals surface area contributed by atoms with Gasteiger partial charge in [0.05, 0.1) is 11.3 Å². The Morgan fingerprint density at radius 2 is 1.91 bits per heavy atom. The Morgan fingerprint density at radius 3 is 2.43 bits per heavy atom. The second kappa shape index (κ2) is 7.84. The van der Waals surface area contributed by atoms with E-state index >= 15 is 0 Å². The second-order valence-corrected chi connectivity index (χ2v) is 6.53. The standard InChI is InChI=1S/C10H20N2.C7H5F2NO/c1-11-8-10(4-5-10)9-12-6-2-3-7-12;8-5-2-7(10)6(9)1-4(5)3-11/h11H,2-9H2,1H3;1-3H,10H2. The first kappa shape index (κ1) is 17.8. The van der Waals surface area contributed by atoms with Crippen molar-refractivity contribution < 1.29 is 13.6 Å². The number of nitrogens with two attached hydrogens (primary N) is 1. The summed E-state index contributed by atoms with van der Waals surface area (Å²) in [5.74, 6) is -1.59. The molecule has 1 aromatic rings. The van der Waals surface area contributed by atoms with E-state index in [1.54, 1.807) is 0 Å². The Hall–Kier alpha value is -1.53. The van der Waals surface area contributed by atoms with Gasteiger partial charge >= 0.3 is 0 Å². The average Bonchev–Trinajstić information content (AvgIpc) is 3.07. The zero-order valence-corrected chi connectivity index (χ0v) is 13.6. The topological polar surface area (TPSA) is 58.4 Å². The molecule has 1 aliphatic heterocycles. The van der Waals surface area contributed by atoms with E-state index in [0.29, 0.717) is 5.41 Å². The van der Waals surface area contributed by atoms with Gasteiger partial charge in [0.2, 0.25) is 0 Å². The molecule has 1 saturated heterocycles. The van der Waals surface area contributed by atoms with E-state index < -0.39 is 11.6 Å². The van der Waals surface area contributed by atoms with Crippen molar-refractivity contribution in [1.29, 1.82) is 0 Å². The summed E-state index contributed by atoms with van der Waals surface area (Å²) in [6.45, 7) is 5.29. The molecule has 0 unspecified atom stereocenters. The van der Waals surface area contributed by atoms with Crippen molar-refractivity contribution in [1.82, 2.24) is 10.2 Å². The lowest BCUT2D eigenvalue weighted by atomic mass is 10.1. The van der Waals surface area contributed by atoms with Crippen molar-refractivity contribution in [3.63, 3.8) is 0 Å². The molecule has 0 amide bonds. The van der Waals surface area contributed by atoms with Crippen LogP contribution in [-0.2, 0) is 0 Å². The number of aldehydes is 1. The van der Waals surface area contributed by atoms with Crippen molar-refractivity contribution in [2.24, 2.45) is 5.41 Å². The van der Waals surface area contributed by atoms with Gasteiger partial charge in [0.15, 0.2) is 6.29 Å². The number of nitrogens with one attached hydrogen (secondary N) is 1. The van der Waals surface area contributed by atoms with E-state index in [1.807, 2.05) is 0 Å². The summed E-state index contributed by atoms with van der Waals surface area (Å²) in [5, 5.41) is 3.32. The number of nitrogen functional groups attached to an aromatic ring is 1. The Balaban J connectivity index is 0.000000168. The van der Waals surface area contributed by atoms with Gasteiger partial charge in [-0.15, -0.1) is 0 Å². The minimum absolute atomic E-state index is 0.234. The molecule has 3 N–H and O–H groups in total. The number of carbonyl (C=O) groups is 1. The molecule has 1 saturated carbocycles. The molecule has 2 aliphatic rings. The largest absolute Gasteiger partial charge is 0.396 e. The minimum atomic E-state index is -0.807. The Labute approximate surface area is 136 Å². The molecule has 0 radical (unpaired) electrons. The van der Waals surface area contributed by atoms with Crippen LogP contribution in [-0.4, -0.2) is 44.4 Å². The maximum atomic E-state index is 12.6. The highest BCUT2D eigenvalue weighted by Gasteiger charge is 2.43. The lowest BCUT2D eigenvalue weighted by Crippen LogP contribution is -2.33. The predicted octanol–water partition coefficient (Wildman–Crippen LogP) is 2.44. The molecule has 4 nitrogen and oxygen atoms in total. The van der Waals surface area contributed by atoms with Crippen LogP contribution in [0.5, 0.6) is 0 Å². The Kier molecular flexibility index (Phi) is 6.07. The summed E-state index contributed by atoms with van der Waals surface area (Å²) in [6.07, 6.45) is 5.98. The first-order valence-electron chi connectivity index (χ1n) is 8.06. The second-order valence-electron chi connectivity index (χ2n) is 6.53. The van der Waals surface area contributed by atoms with Crippen LogP contribution in [0.4, 0.5) is 14.5 Å². The molecule has 23 heavy (non-hydrogen) atoms. The van der Waals surface area contributed by atoms with Crippen LogP contribution in [0, 0.1) is 17.0 Å². The highest BCUT2D eigenvalue weighted by molar-refractivity contribution is 5.76. The average molecular weight is 325 g/mol. The number of anilines is 1. The smallest absolute Gasteiger partial charge is 0.153 e. The van der Waals surface area contributed by atoms with Crippen LogP contribution >= 0.6 is 0 Å². The number of likely N-dealkylation sites (tertiary alicyclic amines) is 1. The minimum Gasteiger partial charge on any atom is -0.396 e. The SMILES string of the molecule is CNCC1(CN2CCCC2)CC1.Nc1cc(F)c(C=O)cc1F. The first-order chi connectivity index (χ1) is 11.0. The van der Waals surface area contributed by atoms with E-state index in [-0.39, 0.29) is 17.5 Å². The summed E-state index contributed by atoms with van der Waals surface area (Å²) in [5.41, 5.74) is 5.07. The number of rotatable bonds is 5. The van der Waals surface area contributed by atoms with Crippen LogP contribution in [0.3, 0.4) is 0 Å². The zero-order valence-electron chi connectivity index (χ0n) is 13.6. The molecular formula is C17H25F2N3O. The van der Waals surface area contributed by atoms with Gasteiger partial charge in [-0.3, -0.25) is 4.79 Å².